The lowest BCUT2D eigenvalue weighted by atomic mass is 9.78. The SMILES string of the molecule is OC1(c2ccc(Br)cc2)c2ccccc2-c2ccccc2-c2ccccc21. The topological polar surface area (TPSA) is 20.2 Å². The lowest BCUT2D eigenvalue weighted by molar-refractivity contribution is 0.127. The van der Waals surface area contributed by atoms with Gasteiger partial charge in [0.1, 0.15) is 5.60 Å². The Morgan fingerprint density at radius 1 is 0.519 bits per heavy atom. The fraction of sp³-hybridized carbons (Fsp3) is 0.0400. The monoisotopic (exact) mass is 412 g/mol. The molecular weight excluding hydrogens is 396 g/mol. The Bertz CT molecular complexity index is 1080. The number of benzene rings is 4. The first kappa shape index (κ1) is 16.5. The molecule has 0 amide bonds. The van der Waals surface area contributed by atoms with Gasteiger partial charge in [-0.05, 0) is 39.9 Å². The average molecular weight is 413 g/mol. The molecule has 0 heterocycles. The lowest BCUT2D eigenvalue weighted by Gasteiger charge is -2.31. The molecule has 130 valence electrons. The summed E-state index contributed by atoms with van der Waals surface area (Å²) in [5, 5.41) is 12.3. The summed E-state index contributed by atoms with van der Waals surface area (Å²) in [5.41, 5.74) is 5.87. The third-order valence-electron chi connectivity index (χ3n) is 5.40. The maximum absolute atomic E-state index is 12.3. The van der Waals surface area contributed by atoms with Crippen LogP contribution in [0.5, 0.6) is 0 Å². The van der Waals surface area contributed by atoms with Crippen LogP contribution in [0.1, 0.15) is 16.7 Å². The molecule has 0 fully saturated rings. The Morgan fingerprint density at radius 2 is 0.926 bits per heavy atom. The van der Waals surface area contributed by atoms with Crippen molar-refractivity contribution in [2.24, 2.45) is 0 Å². The van der Waals surface area contributed by atoms with Crippen molar-refractivity contribution in [3.63, 3.8) is 0 Å². The van der Waals surface area contributed by atoms with Gasteiger partial charge in [-0.25, -0.2) is 0 Å². The molecule has 0 aromatic heterocycles. The molecule has 0 spiro atoms. The van der Waals surface area contributed by atoms with Crippen molar-refractivity contribution in [1.29, 1.82) is 0 Å². The number of hydrogen-bond acceptors (Lipinski definition) is 1. The zero-order chi connectivity index (χ0) is 18.4. The van der Waals surface area contributed by atoms with Gasteiger partial charge in [0, 0.05) is 15.6 Å². The van der Waals surface area contributed by atoms with Crippen LogP contribution in [0.2, 0.25) is 0 Å². The van der Waals surface area contributed by atoms with Crippen LogP contribution in [0.4, 0.5) is 0 Å². The zero-order valence-corrected chi connectivity index (χ0v) is 16.1. The molecule has 0 atom stereocenters. The fourth-order valence-corrected chi connectivity index (χ4v) is 4.43. The molecule has 27 heavy (non-hydrogen) atoms. The third kappa shape index (κ3) is 2.41. The molecule has 0 saturated carbocycles. The summed E-state index contributed by atoms with van der Waals surface area (Å²) in [6, 6.07) is 32.7. The maximum Gasteiger partial charge on any atom is 0.141 e. The van der Waals surface area contributed by atoms with Crippen LogP contribution in [0.3, 0.4) is 0 Å². The average Bonchev–Trinajstić information content (AvgIpc) is 2.82. The largest absolute Gasteiger partial charge is 0.376 e. The summed E-state index contributed by atoms with van der Waals surface area (Å²) in [6.45, 7) is 0. The highest BCUT2D eigenvalue weighted by molar-refractivity contribution is 9.10. The third-order valence-corrected chi connectivity index (χ3v) is 5.93. The van der Waals surface area contributed by atoms with E-state index < -0.39 is 5.60 Å². The Morgan fingerprint density at radius 3 is 1.41 bits per heavy atom. The van der Waals surface area contributed by atoms with Gasteiger partial charge in [-0.1, -0.05) is 101 Å². The first-order chi connectivity index (χ1) is 13.2. The van der Waals surface area contributed by atoms with E-state index in [1.54, 1.807) is 0 Å². The number of hydrogen-bond donors (Lipinski definition) is 1. The smallest absolute Gasteiger partial charge is 0.141 e. The Hall–Kier alpha value is -2.68. The minimum Gasteiger partial charge on any atom is -0.376 e. The van der Waals surface area contributed by atoms with Crippen molar-refractivity contribution in [2.45, 2.75) is 5.60 Å². The highest BCUT2D eigenvalue weighted by Crippen LogP contribution is 2.50. The molecule has 5 rings (SSSR count). The highest BCUT2D eigenvalue weighted by atomic mass is 79.9. The van der Waals surface area contributed by atoms with Crippen LogP contribution in [-0.2, 0) is 5.60 Å². The minimum atomic E-state index is -1.23. The molecule has 1 aliphatic carbocycles. The predicted octanol–water partition coefficient (Wildman–Crippen LogP) is 6.38. The van der Waals surface area contributed by atoms with Gasteiger partial charge in [0.15, 0.2) is 0 Å². The van der Waals surface area contributed by atoms with Crippen LogP contribution < -0.4 is 0 Å². The number of rotatable bonds is 1. The van der Waals surface area contributed by atoms with E-state index >= 15 is 0 Å². The van der Waals surface area contributed by atoms with Gasteiger partial charge in [0.25, 0.3) is 0 Å². The fourth-order valence-electron chi connectivity index (χ4n) is 4.17. The normalized spacial score (nSPS) is 13.9. The van der Waals surface area contributed by atoms with Gasteiger partial charge in [-0.15, -0.1) is 0 Å². The molecule has 1 N–H and O–H groups in total. The van der Waals surface area contributed by atoms with E-state index in [1.807, 2.05) is 60.7 Å². The summed E-state index contributed by atoms with van der Waals surface area (Å²) in [4.78, 5) is 0. The van der Waals surface area contributed by atoms with E-state index in [9.17, 15) is 5.11 Å². The van der Waals surface area contributed by atoms with Crippen molar-refractivity contribution in [2.75, 3.05) is 0 Å². The van der Waals surface area contributed by atoms with Crippen LogP contribution >= 0.6 is 15.9 Å². The molecule has 0 radical (unpaired) electrons. The lowest BCUT2D eigenvalue weighted by Crippen LogP contribution is -2.29. The van der Waals surface area contributed by atoms with Crippen molar-refractivity contribution in [3.8, 4) is 22.3 Å². The first-order valence-electron chi connectivity index (χ1n) is 8.97. The molecule has 1 nitrogen and oxygen atoms in total. The predicted molar refractivity (Wildman–Crippen MR) is 114 cm³/mol. The second-order valence-corrected chi connectivity index (χ2v) is 7.77. The van der Waals surface area contributed by atoms with Gasteiger partial charge < -0.3 is 5.11 Å². The molecule has 1 aliphatic rings. The Balaban J connectivity index is 1.96. The van der Waals surface area contributed by atoms with Crippen molar-refractivity contribution in [1.82, 2.24) is 0 Å². The quantitative estimate of drug-likeness (QED) is 0.384. The molecule has 0 aliphatic heterocycles. The molecule has 4 aromatic carbocycles. The van der Waals surface area contributed by atoms with Crippen LogP contribution in [0.15, 0.2) is 102 Å². The number of halogens is 1. The van der Waals surface area contributed by atoms with Crippen molar-refractivity contribution >= 4 is 15.9 Å². The summed E-state index contributed by atoms with van der Waals surface area (Å²) >= 11 is 3.51. The van der Waals surface area contributed by atoms with Gasteiger partial charge in [0.2, 0.25) is 0 Å². The van der Waals surface area contributed by atoms with Crippen molar-refractivity contribution < 1.29 is 5.11 Å². The Kier molecular flexibility index (Phi) is 3.78. The summed E-state index contributed by atoms with van der Waals surface area (Å²) in [5.74, 6) is 0. The van der Waals surface area contributed by atoms with Crippen LogP contribution in [0, 0.1) is 0 Å². The van der Waals surface area contributed by atoms with Gasteiger partial charge in [0.05, 0.1) is 0 Å². The van der Waals surface area contributed by atoms with Crippen LogP contribution in [-0.4, -0.2) is 5.11 Å². The maximum atomic E-state index is 12.3. The summed E-state index contributed by atoms with van der Waals surface area (Å²) in [7, 11) is 0. The van der Waals surface area contributed by atoms with Gasteiger partial charge in [-0.3, -0.25) is 0 Å². The molecule has 0 bridgehead atoms. The molecular formula is C25H17BrO. The van der Waals surface area contributed by atoms with Crippen molar-refractivity contribution in [3.05, 3.63) is 118 Å². The van der Waals surface area contributed by atoms with E-state index in [1.165, 1.54) is 0 Å². The number of fused-ring (bicyclic) bond motifs is 5. The highest BCUT2D eigenvalue weighted by Gasteiger charge is 2.40. The molecule has 0 unspecified atom stereocenters. The number of aliphatic hydroxyl groups is 1. The molecule has 0 saturated heterocycles. The van der Waals surface area contributed by atoms with E-state index in [-0.39, 0.29) is 0 Å². The van der Waals surface area contributed by atoms with Gasteiger partial charge >= 0.3 is 0 Å². The van der Waals surface area contributed by atoms with Gasteiger partial charge in [-0.2, -0.15) is 0 Å². The molecule has 2 heteroatoms. The summed E-state index contributed by atoms with van der Waals surface area (Å²) < 4.78 is 0.994. The van der Waals surface area contributed by atoms with E-state index in [0.29, 0.717) is 0 Å². The van der Waals surface area contributed by atoms with E-state index in [4.69, 9.17) is 0 Å². The second kappa shape index (κ2) is 6.19. The second-order valence-electron chi connectivity index (χ2n) is 6.85. The van der Waals surface area contributed by atoms with Crippen LogP contribution in [0.25, 0.3) is 22.3 Å². The van der Waals surface area contributed by atoms with E-state index in [0.717, 1.165) is 43.4 Å². The summed E-state index contributed by atoms with van der Waals surface area (Å²) in [6.07, 6.45) is 0. The standard InChI is InChI=1S/C25H17BrO/c26-18-15-13-17(14-16-18)25(27)23-11-5-3-9-21(23)19-7-1-2-8-20(19)22-10-4-6-12-24(22)25/h1-16,27H. The minimum absolute atomic E-state index is 0.860. The molecule has 4 aromatic rings. The zero-order valence-electron chi connectivity index (χ0n) is 14.6. The van der Waals surface area contributed by atoms with E-state index in [2.05, 4.69) is 52.3 Å². The first-order valence-corrected chi connectivity index (χ1v) is 9.76. The Labute approximate surface area is 167 Å².